The van der Waals surface area contributed by atoms with Crippen LogP contribution in [0.25, 0.3) is 0 Å². The lowest BCUT2D eigenvalue weighted by Crippen LogP contribution is -2.36. The zero-order chi connectivity index (χ0) is 29.9. The molecule has 0 saturated carbocycles. The van der Waals surface area contributed by atoms with Crippen molar-refractivity contribution < 1.29 is 28.9 Å². The minimum Gasteiger partial charge on any atom is -0.444 e. The molecule has 2 saturated heterocycles. The summed E-state index contributed by atoms with van der Waals surface area (Å²) in [5, 5.41) is 10.3. The Hall–Kier alpha value is -1.58. The molecule has 0 spiro atoms. The highest BCUT2D eigenvalue weighted by atomic mass is 79.9. The highest BCUT2D eigenvalue weighted by molar-refractivity contribution is 9.09. The second-order valence-corrected chi connectivity index (χ2v) is 12.6. The summed E-state index contributed by atoms with van der Waals surface area (Å²) in [7, 11) is 0. The van der Waals surface area contributed by atoms with Crippen molar-refractivity contribution in [1.82, 2.24) is 9.80 Å². The van der Waals surface area contributed by atoms with E-state index in [1.54, 1.807) is 4.90 Å². The van der Waals surface area contributed by atoms with Crippen molar-refractivity contribution in [3.05, 3.63) is 25.3 Å². The number of alkyl halides is 1. The van der Waals surface area contributed by atoms with Gasteiger partial charge in [-0.25, -0.2) is 9.59 Å². The average Bonchev–Trinajstić information content (AvgIpc) is 3.47. The highest BCUT2D eigenvalue weighted by Crippen LogP contribution is 2.18. The molecule has 2 fully saturated rings. The van der Waals surface area contributed by atoms with E-state index in [0.29, 0.717) is 26.1 Å². The minimum atomic E-state index is -0.454. The number of halogens is 1. The first-order chi connectivity index (χ1) is 18.2. The molecule has 0 radical (unpaired) electrons. The largest absolute Gasteiger partial charge is 0.444 e. The van der Waals surface area contributed by atoms with Gasteiger partial charge in [0.05, 0.1) is 18.8 Å². The molecule has 2 amide bonds. The van der Waals surface area contributed by atoms with Crippen LogP contribution < -0.4 is 0 Å². The third-order valence-corrected chi connectivity index (χ3v) is 6.12. The van der Waals surface area contributed by atoms with Gasteiger partial charge < -0.3 is 29.1 Å². The van der Waals surface area contributed by atoms with Gasteiger partial charge in [0.25, 0.3) is 0 Å². The molecule has 2 rings (SSSR count). The van der Waals surface area contributed by atoms with Gasteiger partial charge in [-0.2, -0.15) is 0 Å². The molecule has 2 atom stereocenters. The lowest BCUT2D eigenvalue weighted by atomic mass is 10.2. The number of aliphatic hydroxyl groups is 1. The van der Waals surface area contributed by atoms with Crippen LogP contribution in [0.1, 0.15) is 92.9 Å². The smallest absolute Gasteiger partial charge is 0.410 e. The van der Waals surface area contributed by atoms with Crippen LogP contribution in [0.15, 0.2) is 25.3 Å². The number of allylic oxidation sites excluding steroid dienone is 2. The van der Waals surface area contributed by atoms with Crippen molar-refractivity contribution in [2.24, 2.45) is 0 Å². The van der Waals surface area contributed by atoms with Crippen LogP contribution in [0.2, 0.25) is 0 Å². The number of β-amino-alcohol motifs (C(OH)–C–C–N with tert-alkyl or cyclic N) is 1. The van der Waals surface area contributed by atoms with E-state index in [1.165, 1.54) is 17.7 Å². The number of amides is 2. The predicted octanol–water partition coefficient (Wildman–Crippen LogP) is 7.09. The number of nitrogens with zero attached hydrogens (tertiary/aromatic N) is 2. The molecule has 2 aliphatic heterocycles. The molecule has 0 aromatic heterocycles. The molecule has 2 heterocycles. The first kappa shape index (κ1) is 37.4. The Kier molecular flexibility index (Phi) is 19.5. The zero-order valence-electron chi connectivity index (χ0n) is 25.4. The molecule has 0 aliphatic carbocycles. The van der Waals surface area contributed by atoms with Gasteiger partial charge in [-0.15, -0.1) is 13.2 Å². The molecule has 8 nitrogen and oxygen atoms in total. The lowest BCUT2D eigenvalue weighted by molar-refractivity contribution is 0.0206. The molecule has 9 heteroatoms. The van der Waals surface area contributed by atoms with Gasteiger partial charge in [0.15, 0.2) is 0 Å². The molecule has 228 valence electrons. The van der Waals surface area contributed by atoms with Crippen LogP contribution in [0.4, 0.5) is 9.59 Å². The first-order valence-electron chi connectivity index (χ1n) is 14.3. The van der Waals surface area contributed by atoms with E-state index in [1.807, 2.05) is 53.7 Å². The highest BCUT2D eigenvalue weighted by Gasteiger charge is 2.30. The maximum Gasteiger partial charge on any atom is 0.410 e. The fraction of sp³-hybridized carbons (Fsp3) is 0.800. The topological polar surface area (TPSA) is 88.5 Å². The van der Waals surface area contributed by atoms with Crippen LogP contribution in [-0.2, 0) is 14.2 Å². The van der Waals surface area contributed by atoms with Crippen molar-refractivity contribution in [2.75, 3.05) is 38.1 Å². The normalized spacial score (nSPS) is 18.9. The predicted molar refractivity (Wildman–Crippen MR) is 162 cm³/mol. The summed E-state index contributed by atoms with van der Waals surface area (Å²) in [4.78, 5) is 26.5. The number of unbranched alkanes of at least 4 members (excludes halogenated alkanes) is 4. The van der Waals surface area contributed by atoms with E-state index in [4.69, 9.17) is 14.2 Å². The van der Waals surface area contributed by atoms with Crippen molar-refractivity contribution in [3.8, 4) is 0 Å². The van der Waals surface area contributed by atoms with Gasteiger partial charge in [0.2, 0.25) is 0 Å². The van der Waals surface area contributed by atoms with Gasteiger partial charge in [-0.05, 0) is 92.9 Å². The number of likely N-dealkylation sites (tertiary alicyclic amines) is 2. The van der Waals surface area contributed by atoms with E-state index in [2.05, 4.69) is 29.1 Å². The Morgan fingerprint density at radius 1 is 0.846 bits per heavy atom. The van der Waals surface area contributed by atoms with E-state index in [9.17, 15) is 14.7 Å². The summed E-state index contributed by atoms with van der Waals surface area (Å²) in [6, 6.07) is 0. The van der Waals surface area contributed by atoms with Gasteiger partial charge >= 0.3 is 12.2 Å². The third kappa shape index (κ3) is 20.9. The zero-order valence-corrected chi connectivity index (χ0v) is 27.0. The molecular formula is C30H55BrN2O6. The number of rotatable bonds is 10. The number of ether oxygens (including phenoxy) is 3. The van der Waals surface area contributed by atoms with Crippen LogP contribution in [0.5, 0.6) is 0 Å². The van der Waals surface area contributed by atoms with Crippen molar-refractivity contribution >= 4 is 28.1 Å². The minimum absolute atomic E-state index is 0.163. The Labute approximate surface area is 246 Å². The molecule has 39 heavy (non-hydrogen) atoms. The standard InChI is InChI=1S/C15H27NO3.C9H17NO3.C6H11Br/c1-5-6-7-8-11-18-13-9-10-16(12-13)14(17)19-15(2,3)4;1-9(2,3)13-8(12)10-5-4-7(11)6-10;1-2-3-4-5-6-7/h5,13H,1,6-12H2,2-4H3;7,11H,4-6H2,1-3H3;2H,1,3-6H2/t13-;7-;/m11./s1. The number of carbonyl (C=O) groups excluding carboxylic acids is 2. The lowest BCUT2D eigenvalue weighted by Gasteiger charge is -2.24. The fourth-order valence-corrected chi connectivity index (χ4v) is 4.01. The van der Waals surface area contributed by atoms with Crippen molar-refractivity contribution in [1.29, 1.82) is 0 Å². The van der Waals surface area contributed by atoms with Crippen molar-refractivity contribution in [3.63, 3.8) is 0 Å². The van der Waals surface area contributed by atoms with Gasteiger partial charge in [-0.1, -0.05) is 28.1 Å². The molecule has 0 unspecified atom stereocenters. The van der Waals surface area contributed by atoms with Gasteiger partial charge in [0, 0.05) is 31.6 Å². The average molecular weight is 620 g/mol. The molecule has 0 aromatic rings. The number of hydrogen-bond donors (Lipinski definition) is 1. The first-order valence-corrected chi connectivity index (χ1v) is 15.4. The number of hydrogen-bond acceptors (Lipinski definition) is 6. The maximum absolute atomic E-state index is 11.9. The molecule has 2 aliphatic rings. The number of aliphatic hydroxyl groups excluding tert-OH is 1. The second-order valence-electron chi connectivity index (χ2n) is 11.8. The van der Waals surface area contributed by atoms with E-state index >= 15 is 0 Å². The van der Waals surface area contributed by atoms with Crippen molar-refractivity contribution in [2.45, 2.75) is 116 Å². The van der Waals surface area contributed by atoms with E-state index in [0.717, 1.165) is 50.6 Å². The second kappa shape index (κ2) is 20.3. The summed E-state index contributed by atoms with van der Waals surface area (Å²) in [5.74, 6) is 0. The third-order valence-electron chi connectivity index (χ3n) is 5.56. The van der Waals surface area contributed by atoms with Crippen LogP contribution in [-0.4, -0.2) is 88.6 Å². The molecule has 0 bridgehead atoms. The number of carbonyl (C=O) groups is 2. The Bertz CT molecular complexity index is 705. The Morgan fingerprint density at radius 2 is 1.33 bits per heavy atom. The SMILES string of the molecule is C=CCCCCBr.C=CCCCCO[C@@H]1CCN(C(=O)OC(C)(C)C)C1.CC(C)(C)OC(=O)N1CC[C@@H](O)C1. The summed E-state index contributed by atoms with van der Waals surface area (Å²) in [5.41, 5.74) is -0.884. The molecule has 1 N–H and O–H groups in total. The summed E-state index contributed by atoms with van der Waals surface area (Å²) in [6.07, 6.45) is 11.6. The monoisotopic (exact) mass is 618 g/mol. The molecule has 0 aromatic carbocycles. The van der Waals surface area contributed by atoms with Gasteiger partial charge in [-0.3, -0.25) is 0 Å². The summed E-state index contributed by atoms with van der Waals surface area (Å²) >= 11 is 3.35. The Balaban J connectivity index is 0.000000622. The maximum atomic E-state index is 11.9. The van der Waals surface area contributed by atoms with E-state index in [-0.39, 0.29) is 24.4 Å². The summed E-state index contributed by atoms with van der Waals surface area (Å²) in [6.45, 7) is 21.6. The van der Waals surface area contributed by atoms with E-state index < -0.39 is 11.2 Å². The summed E-state index contributed by atoms with van der Waals surface area (Å²) < 4.78 is 16.3. The van der Waals surface area contributed by atoms with Crippen LogP contribution in [0.3, 0.4) is 0 Å². The molecular weight excluding hydrogens is 564 g/mol. The fourth-order valence-electron chi connectivity index (χ4n) is 3.61. The van der Waals surface area contributed by atoms with Crippen LogP contribution >= 0.6 is 15.9 Å². The van der Waals surface area contributed by atoms with Crippen LogP contribution in [0, 0.1) is 0 Å². The Morgan fingerprint density at radius 3 is 1.77 bits per heavy atom. The quantitative estimate of drug-likeness (QED) is 0.160. The van der Waals surface area contributed by atoms with Gasteiger partial charge in [0.1, 0.15) is 11.2 Å².